The van der Waals surface area contributed by atoms with E-state index in [4.69, 9.17) is 9.15 Å². The van der Waals surface area contributed by atoms with Gasteiger partial charge in [-0.15, -0.1) is 0 Å². The van der Waals surface area contributed by atoms with Gasteiger partial charge in [0.15, 0.2) is 5.76 Å². The lowest BCUT2D eigenvalue weighted by Crippen LogP contribution is -2.41. The lowest BCUT2D eigenvalue weighted by atomic mass is 10.1. The van der Waals surface area contributed by atoms with Crippen molar-refractivity contribution in [2.45, 2.75) is 13.5 Å². The lowest BCUT2D eigenvalue weighted by molar-refractivity contribution is -0.384. The van der Waals surface area contributed by atoms with Crippen LogP contribution in [0, 0.1) is 17.0 Å². The molecule has 0 spiro atoms. The van der Waals surface area contributed by atoms with Crippen molar-refractivity contribution >= 4 is 17.5 Å². The van der Waals surface area contributed by atoms with Crippen molar-refractivity contribution in [3.05, 3.63) is 93.4 Å². The first kappa shape index (κ1) is 19.6. The highest BCUT2D eigenvalue weighted by atomic mass is 16.6. The van der Waals surface area contributed by atoms with E-state index in [1.807, 2.05) is 18.2 Å². The maximum absolute atomic E-state index is 12.2. The molecule has 2 N–H and O–H groups in total. The molecule has 1 aromatic heterocycles. The average molecular weight is 395 g/mol. The van der Waals surface area contributed by atoms with E-state index in [9.17, 15) is 19.7 Å². The first-order valence-corrected chi connectivity index (χ1v) is 8.56. The molecule has 148 valence electrons. The molecule has 0 aliphatic carbocycles. The van der Waals surface area contributed by atoms with Crippen molar-refractivity contribution in [3.63, 3.8) is 0 Å². The van der Waals surface area contributed by atoms with E-state index in [2.05, 4.69) is 10.9 Å². The number of aryl methyl sites for hydroxylation is 1. The third kappa shape index (κ3) is 4.98. The average Bonchev–Trinajstić information content (AvgIpc) is 3.20. The molecule has 3 rings (SSSR count). The van der Waals surface area contributed by atoms with Gasteiger partial charge in [-0.2, -0.15) is 0 Å². The number of rotatable bonds is 6. The van der Waals surface area contributed by atoms with E-state index in [0.717, 1.165) is 6.07 Å². The third-order valence-electron chi connectivity index (χ3n) is 3.98. The zero-order valence-corrected chi connectivity index (χ0v) is 15.4. The van der Waals surface area contributed by atoms with Gasteiger partial charge in [-0.3, -0.25) is 30.6 Å². The van der Waals surface area contributed by atoms with Crippen LogP contribution < -0.4 is 15.6 Å². The van der Waals surface area contributed by atoms with Crippen LogP contribution in [0.25, 0.3) is 0 Å². The van der Waals surface area contributed by atoms with Gasteiger partial charge in [-0.1, -0.05) is 24.3 Å². The van der Waals surface area contributed by atoms with Gasteiger partial charge in [0, 0.05) is 12.1 Å². The molecule has 0 atom stereocenters. The SMILES string of the molecule is Cc1ccc([N+](=O)[O-])cc1C(=O)NNC(=O)c1ccc(COc2ccccc2)o1. The van der Waals surface area contributed by atoms with Crippen molar-refractivity contribution in [2.75, 3.05) is 0 Å². The Kier molecular flexibility index (Phi) is 5.88. The molecule has 0 radical (unpaired) electrons. The van der Waals surface area contributed by atoms with Gasteiger partial charge in [-0.25, -0.2) is 0 Å². The number of non-ortho nitro benzene ring substituents is 1. The van der Waals surface area contributed by atoms with E-state index < -0.39 is 16.7 Å². The summed E-state index contributed by atoms with van der Waals surface area (Å²) in [7, 11) is 0. The molecule has 0 bridgehead atoms. The van der Waals surface area contributed by atoms with Crippen LogP contribution in [0.15, 0.2) is 65.1 Å². The normalized spacial score (nSPS) is 10.2. The monoisotopic (exact) mass is 395 g/mol. The largest absolute Gasteiger partial charge is 0.486 e. The molecule has 9 heteroatoms. The number of hydrazine groups is 1. The first-order chi connectivity index (χ1) is 13.9. The number of hydrogen-bond donors (Lipinski definition) is 2. The van der Waals surface area contributed by atoms with Crippen molar-refractivity contribution < 1.29 is 23.7 Å². The number of carbonyl (C=O) groups is 2. The summed E-state index contributed by atoms with van der Waals surface area (Å²) in [5.74, 6) is -0.284. The Bertz CT molecular complexity index is 1050. The Labute approximate surface area is 165 Å². The fraction of sp³-hybridized carbons (Fsp3) is 0.100. The van der Waals surface area contributed by atoms with Gasteiger partial charge in [-0.05, 0) is 36.8 Å². The Morgan fingerprint density at radius 3 is 2.48 bits per heavy atom. The number of hydrogen-bond acceptors (Lipinski definition) is 6. The quantitative estimate of drug-likeness (QED) is 0.488. The third-order valence-corrected chi connectivity index (χ3v) is 3.98. The van der Waals surface area contributed by atoms with Crippen molar-refractivity contribution in [1.82, 2.24) is 10.9 Å². The lowest BCUT2D eigenvalue weighted by Gasteiger charge is -2.08. The Morgan fingerprint density at radius 1 is 1.03 bits per heavy atom. The van der Waals surface area contributed by atoms with E-state index in [1.165, 1.54) is 18.2 Å². The van der Waals surface area contributed by atoms with E-state index in [1.54, 1.807) is 25.1 Å². The summed E-state index contributed by atoms with van der Waals surface area (Å²) in [6.45, 7) is 1.77. The smallest absolute Gasteiger partial charge is 0.305 e. The van der Waals surface area contributed by atoms with Crippen molar-refractivity contribution in [3.8, 4) is 5.75 Å². The summed E-state index contributed by atoms with van der Waals surface area (Å²) in [6, 6.07) is 16.1. The molecular formula is C20H17N3O6. The van der Waals surface area contributed by atoms with Gasteiger partial charge in [0.1, 0.15) is 18.1 Å². The highest BCUT2D eigenvalue weighted by molar-refractivity contribution is 5.99. The fourth-order valence-corrected chi connectivity index (χ4v) is 2.46. The van der Waals surface area contributed by atoms with Gasteiger partial charge < -0.3 is 9.15 Å². The molecule has 0 unspecified atom stereocenters. The zero-order valence-electron chi connectivity index (χ0n) is 15.4. The predicted octanol–water partition coefficient (Wildman–Crippen LogP) is 3.15. The Morgan fingerprint density at radius 2 is 1.76 bits per heavy atom. The number of carbonyl (C=O) groups excluding carboxylic acids is 2. The van der Waals surface area contributed by atoms with Crippen LogP contribution in [-0.4, -0.2) is 16.7 Å². The van der Waals surface area contributed by atoms with Crippen LogP contribution in [0.2, 0.25) is 0 Å². The van der Waals surface area contributed by atoms with Crippen LogP contribution >= 0.6 is 0 Å². The first-order valence-electron chi connectivity index (χ1n) is 8.56. The maximum Gasteiger partial charge on any atom is 0.305 e. The molecular weight excluding hydrogens is 378 g/mol. The summed E-state index contributed by atoms with van der Waals surface area (Å²) in [6.07, 6.45) is 0. The number of para-hydroxylation sites is 1. The molecule has 2 aromatic carbocycles. The minimum Gasteiger partial charge on any atom is -0.486 e. The Hall–Kier alpha value is -4.14. The molecule has 1 heterocycles. The van der Waals surface area contributed by atoms with E-state index in [0.29, 0.717) is 17.1 Å². The van der Waals surface area contributed by atoms with Crippen molar-refractivity contribution in [1.29, 1.82) is 0 Å². The fourth-order valence-electron chi connectivity index (χ4n) is 2.46. The van der Waals surface area contributed by atoms with E-state index in [-0.39, 0.29) is 23.6 Å². The summed E-state index contributed by atoms with van der Waals surface area (Å²) in [5.41, 5.74) is 4.82. The summed E-state index contributed by atoms with van der Waals surface area (Å²) in [5, 5.41) is 10.9. The molecule has 0 saturated heterocycles. The summed E-state index contributed by atoms with van der Waals surface area (Å²) in [4.78, 5) is 34.7. The van der Waals surface area contributed by atoms with Crippen LogP contribution in [-0.2, 0) is 6.61 Å². The van der Waals surface area contributed by atoms with Gasteiger partial charge in [0.25, 0.3) is 11.6 Å². The summed E-state index contributed by atoms with van der Waals surface area (Å²) >= 11 is 0. The standard InChI is InChI=1S/C20H17N3O6/c1-13-7-8-14(23(26)27)11-17(13)19(24)21-22-20(25)18-10-9-16(29-18)12-28-15-5-3-2-4-6-15/h2-11H,12H2,1H3,(H,21,24)(H,22,25). The highest BCUT2D eigenvalue weighted by Gasteiger charge is 2.17. The predicted molar refractivity (Wildman–Crippen MR) is 102 cm³/mol. The van der Waals surface area contributed by atoms with Gasteiger partial charge in [0.05, 0.1) is 10.5 Å². The van der Waals surface area contributed by atoms with Crippen molar-refractivity contribution in [2.24, 2.45) is 0 Å². The number of benzene rings is 2. The Balaban J connectivity index is 1.57. The molecule has 0 aliphatic rings. The number of ether oxygens (including phenoxy) is 1. The second kappa shape index (κ2) is 8.70. The summed E-state index contributed by atoms with van der Waals surface area (Å²) < 4.78 is 10.9. The van der Waals surface area contributed by atoms with Crippen LogP contribution in [0.3, 0.4) is 0 Å². The molecule has 0 fully saturated rings. The molecule has 2 amide bonds. The van der Waals surface area contributed by atoms with Crippen LogP contribution in [0.1, 0.15) is 32.2 Å². The number of nitro groups is 1. The molecule has 0 aliphatic heterocycles. The minimum absolute atomic E-state index is 0.0206. The van der Waals surface area contributed by atoms with Gasteiger partial charge in [0.2, 0.25) is 0 Å². The molecule has 3 aromatic rings. The topological polar surface area (TPSA) is 124 Å². The second-order valence-corrected chi connectivity index (χ2v) is 6.03. The van der Waals surface area contributed by atoms with Crippen LogP contribution in [0.4, 0.5) is 5.69 Å². The van der Waals surface area contributed by atoms with Crippen LogP contribution in [0.5, 0.6) is 5.75 Å². The number of nitro benzene ring substituents is 1. The second-order valence-electron chi connectivity index (χ2n) is 6.03. The molecule has 29 heavy (non-hydrogen) atoms. The number of furan rings is 1. The number of amides is 2. The molecule has 0 saturated carbocycles. The van der Waals surface area contributed by atoms with Gasteiger partial charge >= 0.3 is 5.91 Å². The minimum atomic E-state index is -0.682. The number of nitrogens with zero attached hydrogens (tertiary/aromatic N) is 1. The molecule has 9 nitrogen and oxygen atoms in total. The highest BCUT2D eigenvalue weighted by Crippen LogP contribution is 2.17. The maximum atomic E-state index is 12.2. The number of nitrogens with one attached hydrogen (secondary N) is 2. The zero-order chi connectivity index (χ0) is 20.8. The van der Waals surface area contributed by atoms with E-state index >= 15 is 0 Å².